The summed E-state index contributed by atoms with van der Waals surface area (Å²) in [5.74, 6) is -0.101. The fraction of sp³-hybridized carbons (Fsp3) is 0.286. The van der Waals surface area contributed by atoms with E-state index in [0.29, 0.717) is 12.1 Å². The van der Waals surface area contributed by atoms with Crippen molar-refractivity contribution in [2.24, 2.45) is 0 Å². The van der Waals surface area contributed by atoms with Crippen LogP contribution in [0.15, 0.2) is 54.9 Å². The third-order valence-corrected chi connectivity index (χ3v) is 4.40. The number of aromatic nitrogens is 1. The van der Waals surface area contributed by atoms with Gasteiger partial charge in [0.25, 0.3) is 5.91 Å². The second-order valence-corrected chi connectivity index (χ2v) is 6.39. The van der Waals surface area contributed by atoms with Gasteiger partial charge >= 0.3 is 0 Å². The monoisotopic (exact) mass is 349 g/mol. The number of nitrogens with one attached hydrogen (secondary N) is 1. The zero-order chi connectivity index (χ0) is 18.2. The van der Waals surface area contributed by atoms with E-state index in [-0.39, 0.29) is 11.8 Å². The maximum absolute atomic E-state index is 12.6. The molecule has 2 amide bonds. The van der Waals surface area contributed by atoms with Crippen molar-refractivity contribution in [3.05, 3.63) is 71.6 Å². The normalized spacial score (nSPS) is 14.4. The first-order valence-corrected chi connectivity index (χ1v) is 8.96. The summed E-state index contributed by atoms with van der Waals surface area (Å²) in [6.07, 6.45) is 9.94. The fourth-order valence-corrected chi connectivity index (χ4v) is 2.99. The largest absolute Gasteiger partial charge is 0.348 e. The summed E-state index contributed by atoms with van der Waals surface area (Å²) < 4.78 is 0. The topological polar surface area (TPSA) is 62.3 Å². The lowest BCUT2D eigenvalue weighted by molar-refractivity contribution is -0.116. The number of amides is 2. The van der Waals surface area contributed by atoms with E-state index in [4.69, 9.17) is 0 Å². The quantitative estimate of drug-likeness (QED) is 0.844. The van der Waals surface area contributed by atoms with Gasteiger partial charge in [-0.3, -0.25) is 14.6 Å². The highest BCUT2D eigenvalue weighted by Gasteiger charge is 2.18. The van der Waals surface area contributed by atoms with Crippen molar-refractivity contribution >= 4 is 17.9 Å². The Hall–Kier alpha value is -2.95. The van der Waals surface area contributed by atoms with Crippen LogP contribution in [0.1, 0.15) is 40.7 Å². The van der Waals surface area contributed by atoms with Gasteiger partial charge in [0.1, 0.15) is 0 Å². The van der Waals surface area contributed by atoms with Crippen LogP contribution in [0.3, 0.4) is 0 Å². The predicted molar refractivity (Wildman–Crippen MR) is 101 cm³/mol. The van der Waals surface area contributed by atoms with E-state index in [9.17, 15) is 9.59 Å². The molecule has 26 heavy (non-hydrogen) atoms. The summed E-state index contributed by atoms with van der Waals surface area (Å²) in [5.41, 5.74) is 2.47. The second-order valence-electron chi connectivity index (χ2n) is 6.39. The minimum Gasteiger partial charge on any atom is -0.348 e. The fourth-order valence-electron chi connectivity index (χ4n) is 2.99. The van der Waals surface area contributed by atoms with E-state index >= 15 is 0 Å². The Morgan fingerprint density at radius 2 is 1.96 bits per heavy atom. The van der Waals surface area contributed by atoms with Gasteiger partial charge in [-0.25, -0.2) is 0 Å². The van der Waals surface area contributed by atoms with Gasteiger partial charge in [-0.1, -0.05) is 18.2 Å². The molecule has 0 aliphatic carbocycles. The number of rotatable bonds is 5. The average Bonchev–Trinajstić information content (AvgIpc) is 2.72. The van der Waals surface area contributed by atoms with Gasteiger partial charge < -0.3 is 10.2 Å². The van der Waals surface area contributed by atoms with Crippen molar-refractivity contribution < 1.29 is 9.59 Å². The van der Waals surface area contributed by atoms with Crippen molar-refractivity contribution in [1.82, 2.24) is 15.2 Å². The molecule has 134 valence electrons. The number of pyridine rings is 1. The van der Waals surface area contributed by atoms with Crippen molar-refractivity contribution in [3.63, 3.8) is 0 Å². The molecule has 1 saturated heterocycles. The Morgan fingerprint density at radius 3 is 2.73 bits per heavy atom. The van der Waals surface area contributed by atoms with E-state index in [1.165, 1.54) is 12.5 Å². The summed E-state index contributed by atoms with van der Waals surface area (Å²) in [6, 6.07) is 11.2. The van der Waals surface area contributed by atoms with Crippen LogP contribution in [0.4, 0.5) is 0 Å². The zero-order valence-corrected chi connectivity index (χ0v) is 14.7. The van der Waals surface area contributed by atoms with Crippen LogP contribution in [-0.4, -0.2) is 34.8 Å². The van der Waals surface area contributed by atoms with Crippen LogP contribution < -0.4 is 5.32 Å². The Bertz CT molecular complexity index is 781. The molecule has 0 saturated carbocycles. The number of nitrogens with zero attached hydrogens (tertiary/aromatic N) is 2. The molecular weight excluding hydrogens is 326 g/mol. The Balaban J connectivity index is 1.56. The van der Waals surface area contributed by atoms with Crippen molar-refractivity contribution in [1.29, 1.82) is 0 Å². The maximum atomic E-state index is 12.6. The summed E-state index contributed by atoms with van der Waals surface area (Å²) in [7, 11) is 0. The number of carbonyl (C=O) groups excluding carboxylic acids is 2. The molecule has 1 N–H and O–H groups in total. The van der Waals surface area contributed by atoms with E-state index in [0.717, 1.165) is 37.1 Å². The van der Waals surface area contributed by atoms with Gasteiger partial charge in [-0.2, -0.15) is 0 Å². The van der Waals surface area contributed by atoms with Crippen molar-refractivity contribution in [3.8, 4) is 0 Å². The second kappa shape index (κ2) is 8.94. The van der Waals surface area contributed by atoms with Gasteiger partial charge in [-0.15, -0.1) is 0 Å². The first kappa shape index (κ1) is 17.9. The van der Waals surface area contributed by atoms with Gasteiger partial charge in [0.2, 0.25) is 5.91 Å². The Kier molecular flexibility index (Phi) is 6.14. The molecule has 0 atom stereocenters. The molecular formula is C21H23N3O2. The summed E-state index contributed by atoms with van der Waals surface area (Å²) in [6.45, 7) is 2.05. The van der Waals surface area contributed by atoms with Crippen LogP contribution in [0.5, 0.6) is 0 Å². The Morgan fingerprint density at radius 1 is 1.12 bits per heavy atom. The molecule has 5 heteroatoms. The van der Waals surface area contributed by atoms with E-state index in [2.05, 4.69) is 10.3 Å². The minimum atomic E-state index is -0.179. The van der Waals surface area contributed by atoms with Crippen LogP contribution in [0.25, 0.3) is 6.08 Å². The molecule has 3 rings (SSSR count). The molecule has 1 aliphatic rings. The number of piperidine rings is 1. The molecule has 1 aromatic carbocycles. The molecule has 2 aromatic rings. The minimum absolute atomic E-state index is 0.0781. The molecule has 0 bridgehead atoms. The number of carbonyl (C=O) groups is 2. The zero-order valence-electron chi connectivity index (χ0n) is 14.7. The third-order valence-electron chi connectivity index (χ3n) is 4.40. The van der Waals surface area contributed by atoms with E-state index in [1.807, 2.05) is 41.3 Å². The van der Waals surface area contributed by atoms with Gasteiger partial charge in [0.15, 0.2) is 0 Å². The lowest BCUT2D eigenvalue weighted by Crippen LogP contribution is -2.35. The lowest BCUT2D eigenvalue weighted by atomic mass is 10.1. The summed E-state index contributed by atoms with van der Waals surface area (Å²) in [4.78, 5) is 30.4. The third kappa shape index (κ3) is 5.02. The SMILES string of the molecule is O=C(/C=C/c1cccnc1)NCc1cccc(C(=O)N2CCCCC2)c1. The molecule has 5 nitrogen and oxygen atoms in total. The summed E-state index contributed by atoms with van der Waals surface area (Å²) >= 11 is 0. The molecule has 0 spiro atoms. The molecule has 1 aliphatic heterocycles. The maximum Gasteiger partial charge on any atom is 0.253 e. The smallest absolute Gasteiger partial charge is 0.253 e. The first-order valence-electron chi connectivity index (χ1n) is 8.96. The number of benzene rings is 1. The highest BCUT2D eigenvalue weighted by atomic mass is 16.2. The summed E-state index contributed by atoms with van der Waals surface area (Å²) in [5, 5.41) is 2.84. The van der Waals surface area contributed by atoms with Crippen LogP contribution in [0.2, 0.25) is 0 Å². The molecule has 1 fully saturated rings. The van der Waals surface area contributed by atoms with Crippen molar-refractivity contribution in [2.75, 3.05) is 13.1 Å². The van der Waals surface area contributed by atoms with Gasteiger partial charge in [-0.05, 0) is 54.7 Å². The predicted octanol–water partition coefficient (Wildman–Crippen LogP) is 3.04. The van der Waals surface area contributed by atoms with Crippen molar-refractivity contribution in [2.45, 2.75) is 25.8 Å². The van der Waals surface area contributed by atoms with E-state index in [1.54, 1.807) is 18.5 Å². The van der Waals surface area contributed by atoms with Crippen LogP contribution in [-0.2, 0) is 11.3 Å². The van der Waals surface area contributed by atoms with Gasteiger partial charge in [0, 0.05) is 43.7 Å². The number of hydrogen-bond donors (Lipinski definition) is 1. The van der Waals surface area contributed by atoms with E-state index < -0.39 is 0 Å². The molecule has 0 radical (unpaired) electrons. The first-order chi connectivity index (χ1) is 12.7. The van der Waals surface area contributed by atoms with Gasteiger partial charge in [0.05, 0.1) is 0 Å². The molecule has 1 aromatic heterocycles. The average molecular weight is 349 g/mol. The molecule has 0 unspecified atom stereocenters. The highest BCUT2D eigenvalue weighted by molar-refractivity contribution is 5.94. The van der Waals surface area contributed by atoms with Crippen LogP contribution in [0, 0.1) is 0 Å². The Labute approximate surface area is 153 Å². The standard InChI is InChI=1S/C21H23N3O2/c25-20(10-9-17-7-5-11-22-15-17)23-16-18-6-4-8-19(14-18)21(26)24-12-2-1-3-13-24/h4-11,14-15H,1-3,12-13,16H2,(H,23,25)/b10-9+. The lowest BCUT2D eigenvalue weighted by Gasteiger charge is -2.26. The highest BCUT2D eigenvalue weighted by Crippen LogP contribution is 2.14. The number of hydrogen-bond acceptors (Lipinski definition) is 3. The number of likely N-dealkylation sites (tertiary alicyclic amines) is 1. The molecule has 2 heterocycles. The van der Waals surface area contributed by atoms with Crippen LogP contribution >= 0.6 is 0 Å².